The number of aromatic nitrogens is 1. The maximum atomic E-state index is 5.55. The highest BCUT2D eigenvalue weighted by Gasteiger charge is 1.97. The van der Waals surface area contributed by atoms with Crippen LogP contribution in [0.2, 0.25) is 0 Å². The van der Waals surface area contributed by atoms with Crippen molar-refractivity contribution >= 4 is 5.82 Å². The number of rotatable bonds is 5. The van der Waals surface area contributed by atoms with E-state index in [0.717, 1.165) is 23.7 Å². The standard InChI is InChI=1S/C14H17N3O/c1-18-13-6-7-14(17-10-13)16-9-12-4-2-11(8-15)3-5-12/h2-7,10H,8-9,15H2,1H3,(H,16,17). The molecule has 0 amide bonds. The number of hydrogen-bond donors (Lipinski definition) is 2. The van der Waals surface area contributed by atoms with Crippen molar-refractivity contribution in [3.63, 3.8) is 0 Å². The Balaban J connectivity index is 1.93. The van der Waals surface area contributed by atoms with Crippen molar-refractivity contribution in [1.29, 1.82) is 0 Å². The van der Waals surface area contributed by atoms with Gasteiger partial charge in [-0.05, 0) is 23.3 Å². The average Bonchev–Trinajstić information content (AvgIpc) is 2.46. The lowest BCUT2D eigenvalue weighted by atomic mass is 10.1. The first kappa shape index (κ1) is 12.4. The van der Waals surface area contributed by atoms with E-state index in [0.29, 0.717) is 6.54 Å². The maximum absolute atomic E-state index is 5.55. The maximum Gasteiger partial charge on any atom is 0.137 e. The van der Waals surface area contributed by atoms with E-state index in [1.165, 1.54) is 5.56 Å². The van der Waals surface area contributed by atoms with Crippen LogP contribution >= 0.6 is 0 Å². The first-order valence-corrected chi connectivity index (χ1v) is 5.83. The number of nitrogens with two attached hydrogens (primary N) is 1. The molecule has 1 aromatic heterocycles. The minimum Gasteiger partial charge on any atom is -0.495 e. The Morgan fingerprint density at radius 1 is 1.11 bits per heavy atom. The first-order chi connectivity index (χ1) is 8.81. The highest BCUT2D eigenvalue weighted by atomic mass is 16.5. The second-order valence-electron chi connectivity index (χ2n) is 3.96. The minimum atomic E-state index is 0.577. The van der Waals surface area contributed by atoms with Crippen LogP contribution in [0, 0.1) is 0 Å². The lowest BCUT2D eigenvalue weighted by Crippen LogP contribution is -2.02. The molecule has 0 aliphatic carbocycles. The fourth-order valence-corrected chi connectivity index (χ4v) is 1.59. The van der Waals surface area contributed by atoms with Crippen LogP contribution in [0.25, 0.3) is 0 Å². The molecule has 0 aliphatic heterocycles. The zero-order valence-electron chi connectivity index (χ0n) is 10.4. The van der Waals surface area contributed by atoms with Crippen molar-refractivity contribution in [3.8, 4) is 5.75 Å². The van der Waals surface area contributed by atoms with Crippen molar-refractivity contribution in [1.82, 2.24) is 4.98 Å². The van der Waals surface area contributed by atoms with Gasteiger partial charge in [0.2, 0.25) is 0 Å². The molecule has 1 aromatic carbocycles. The zero-order valence-corrected chi connectivity index (χ0v) is 10.4. The van der Waals surface area contributed by atoms with Crippen LogP contribution in [-0.4, -0.2) is 12.1 Å². The van der Waals surface area contributed by atoms with Crippen LogP contribution in [0.5, 0.6) is 5.75 Å². The van der Waals surface area contributed by atoms with E-state index in [1.807, 2.05) is 24.3 Å². The summed E-state index contributed by atoms with van der Waals surface area (Å²) in [4.78, 5) is 4.24. The fraction of sp³-hybridized carbons (Fsp3) is 0.214. The Morgan fingerprint density at radius 2 is 1.83 bits per heavy atom. The molecule has 4 heteroatoms. The van der Waals surface area contributed by atoms with Gasteiger partial charge in [0.05, 0.1) is 13.3 Å². The van der Waals surface area contributed by atoms with E-state index in [2.05, 4.69) is 22.4 Å². The molecule has 0 saturated carbocycles. The van der Waals surface area contributed by atoms with Crippen LogP contribution in [0.3, 0.4) is 0 Å². The van der Waals surface area contributed by atoms with Gasteiger partial charge in [0, 0.05) is 13.1 Å². The summed E-state index contributed by atoms with van der Waals surface area (Å²) in [5.41, 5.74) is 7.89. The lowest BCUT2D eigenvalue weighted by Gasteiger charge is -2.07. The molecule has 0 saturated heterocycles. The number of nitrogens with zero attached hydrogens (tertiary/aromatic N) is 1. The Morgan fingerprint density at radius 3 is 2.39 bits per heavy atom. The second kappa shape index (κ2) is 6.02. The number of anilines is 1. The van der Waals surface area contributed by atoms with Crippen molar-refractivity contribution in [2.24, 2.45) is 5.73 Å². The molecule has 0 unspecified atom stereocenters. The third-order valence-corrected chi connectivity index (χ3v) is 2.70. The lowest BCUT2D eigenvalue weighted by molar-refractivity contribution is 0.413. The van der Waals surface area contributed by atoms with Crippen LogP contribution in [-0.2, 0) is 13.1 Å². The van der Waals surface area contributed by atoms with E-state index in [9.17, 15) is 0 Å². The molecule has 0 radical (unpaired) electrons. The number of hydrogen-bond acceptors (Lipinski definition) is 4. The molecule has 0 bridgehead atoms. The van der Waals surface area contributed by atoms with Crippen LogP contribution in [0.1, 0.15) is 11.1 Å². The smallest absolute Gasteiger partial charge is 0.137 e. The molecule has 1 heterocycles. The molecule has 0 atom stereocenters. The summed E-state index contributed by atoms with van der Waals surface area (Å²) >= 11 is 0. The fourth-order valence-electron chi connectivity index (χ4n) is 1.59. The van der Waals surface area contributed by atoms with E-state index in [-0.39, 0.29) is 0 Å². The Bertz CT molecular complexity index is 432. The topological polar surface area (TPSA) is 60.2 Å². The second-order valence-corrected chi connectivity index (χ2v) is 3.96. The zero-order chi connectivity index (χ0) is 12.8. The van der Waals surface area contributed by atoms with E-state index >= 15 is 0 Å². The molecular formula is C14H17N3O. The molecule has 0 spiro atoms. The molecule has 2 aromatic rings. The molecule has 94 valence electrons. The van der Waals surface area contributed by atoms with Crippen LogP contribution in [0.15, 0.2) is 42.6 Å². The van der Waals surface area contributed by atoms with E-state index in [1.54, 1.807) is 13.3 Å². The largest absolute Gasteiger partial charge is 0.495 e. The van der Waals surface area contributed by atoms with Gasteiger partial charge in [0.15, 0.2) is 0 Å². The summed E-state index contributed by atoms with van der Waals surface area (Å²) in [7, 11) is 1.63. The summed E-state index contributed by atoms with van der Waals surface area (Å²) in [6.07, 6.45) is 1.69. The van der Waals surface area contributed by atoms with Crippen LogP contribution < -0.4 is 15.8 Å². The molecule has 3 N–H and O–H groups in total. The molecule has 4 nitrogen and oxygen atoms in total. The summed E-state index contributed by atoms with van der Waals surface area (Å²) < 4.78 is 5.06. The number of benzene rings is 1. The van der Waals surface area contributed by atoms with Gasteiger partial charge < -0.3 is 15.8 Å². The van der Waals surface area contributed by atoms with Gasteiger partial charge in [-0.25, -0.2) is 4.98 Å². The van der Waals surface area contributed by atoms with Gasteiger partial charge in [0.25, 0.3) is 0 Å². The third kappa shape index (κ3) is 3.21. The van der Waals surface area contributed by atoms with Gasteiger partial charge in [-0.15, -0.1) is 0 Å². The number of nitrogens with one attached hydrogen (secondary N) is 1. The van der Waals surface area contributed by atoms with Gasteiger partial charge in [0.1, 0.15) is 11.6 Å². The predicted octanol–water partition coefficient (Wildman–Crippen LogP) is 2.16. The van der Waals surface area contributed by atoms with Crippen molar-refractivity contribution in [3.05, 3.63) is 53.7 Å². The van der Waals surface area contributed by atoms with Crippen molar-refractivity contribution < 1.29 is 4.74 Å². The Hall–Kier alpha value is -2.07. The number of methoxy groups -OCH3 is 1. The highest BCUT2D eigenvalue weighted by Crippen LogP contribution is 2.12. The number of pyridine rings is 1. The normalized spacial score (nSPS) is 10.1. The summed E-state index contributed by atoms with van der Waals surface area (Å²) in [6, 6.07) is 12.0. The Kier molecular flexibility index (Phi) is 4.15. The van der Waals surface area contributed by atoms with Gasteiger partial charge >= 0.3 is 0 Å². The first-order valence-electron chi connectivity index (χ1n) is 5.83. The Labute approximate surface area is 107 Å². The van der Waals surface area contributed by atoms with E-state index < -0.39 is 0 Å². The van der Waals surface area contributed by atoms with Crippen molar-refractivity contribution in [2.75, 3.05) is 12.4 Å². The quantitative estimate of drug-likeness (QED) is 0.844. The molecule has 0 fully saturated rings. The molecule has 2 rings (SSSR count). The van der Waals surface area contributed by atoms with Crippen molar-refractivity contribution in [2.45, 2.75) is 13.1 Å². The average molecular weight is 243 g/mol. The summed E-state index contributed by atoms with van der Waals surface area (Å²) in [5.74, 6) is 1.59. The number of ether oxygens (including phenoxy) is 1. The van der Waals surface area contributed by atoms with Gasteiger partial charge in [-0.3, -0.25) is 0 Å². The summed E-state index contributed by atoms with van der Waals surface area (Å²) in [6.45, 7) is 1.32. The monoisotopic (exact) mass is 243 g/mol. The highest BCUT2D eigenvalue weighted by molar-refractivity contribution is 5.38. The van der Waals surface area contributed by atoms with E-state index in [4.69, 9.17) is 10.5 Å². The van der Waals surface area contributed by atoms with Gasteiger partial charge in [-0.1, -0.05) is 24.3 Å². The summed E-state index contributed by atoms with van der Waals surface area (Å²) in [5, 5.41) is 3.25. The SMILES string of the molecule is COc1ccc(NCc2ccc(CN)cc2)nc1. The van der Waals surface area contributed by atoms with Gasteiger partial charge in [-0.2, -0.15) is 0 Å². The van der Waals surface area contributed by atoms with Crippen LogP contribution in [0.4, 0.5) is 5.82 Å². The minimum absolute atomic E-state index is 0.577. The predicted molar refractivity (Wildman–Crippen MR) is 72.4 cm³/mol. The molecule has 18 heavy (non-hydrogen) atoms. The molecular weight excluding hydrogens is 226 g/mol. The molecule has 0 aliphatic rings. The third-order valence-electron chi connectivity index (χ3n) is 2.70.